The SMILES string of the molecule is Cc1c(Cl)ccc(Cl)c1[C@H](O)C(=O)O. The molecule has 1 rings (SSSR count). The molecule has 3 nitrogen and oxygen atoms in total. The number of halogens is 2. The molecule has 0 heterocycles. The van der Waals surface area contributed by atoms with Gasteiger partial charge in [-0.05, 0) is 24.6 Å². The fourth-order valence-electron chi connectivity index (χ4n) is 1.13. The number of carbonyl (C=O) groups is 1. The highest BCUT2D eigenvalue weighted by Gasteiger charge is 2.22. The van der Waals surface area contributed by atoms with Crippen LogP contribution in [0.5, 0.6) is 0 Å². The van der Waals surface area contributed by atoms with Gasteiger partial charge in [0.25, 0.3) is 0 Å². The van der Waals surface area contributed by atoms with Crippen LogP contribution in [-0.4, -0.2) is 16.2 Å². The van der Waals surface area contributed by atoms with Crippen LogP contribution in [0.2, 0.25) is 10.0 Å². The summed E-state index contributed by atoms with van der Waals surface area (Å²) in [6.07, 6.45) is -1.64. The second kappa shape index (κ2) is 4.17. The third kappa shape index (κ3) is 2.00. The highest BCUT2D eigenvalue weighted by molar-refractivity contribution is 6.34. The van der Waals surface area contributed by atoms with Crippen LogP contribution in [0, 0.1) is 6.92 Å². The molecule has 0 radical (unpaired) electrons. The molecule has 0 amide bonds. The lowest BCUT2D eigenvalue weighted by Gasteiger charge is -2.12. The van der Waals surface area contributed by atoms with Gasteiger partial charge in [-0.15, -0.1) is 0 Å². The molecule has 0 saturated carbocycles. The minimum atomic E-state index is -1.64. The Balaban J connectivity index is 3.32. The minimum absolute atomic E-state index is 0.145. The average molecular weight is 235 g/mol. The van der Waals surface area contributed by atoms with Crippen LogP contribution in [0.4, 0.5) is 0 Å². The van der Waals surface area contributed by atoms with E-state index in [1.165, 1.54) is 6.07 Å². The van der Waals surface area contributed by atoms with Crippen LogP contribution in [-0.2, 0) is 4.79 Å². The van der Waals surface area contributed by atoms with Gasteiger partial charge in [-0.2, -0.15) is 0 Å². The summed E-state index contributed by atoms with van der Waals surface area (Å²) in [4.78, 5) is 10.6. The number of carboxylic acids is 1. The molecule has 1 aromatic rings. The van der Waals surface area contributed by atoms with Gasteiger partial charge in [-0.1, -0.05) is 23.2 Å². The summed E-state index contributed by atoms with van der Waals surface area (Å²) >= 11 is 11.5. The van der Waals surface area contributed by atoms with Crippen molar-refractivity contribution >= 4 is 29.2 Å². The van der Waals surface area contributed by atoms with Crippen molar-refractivity contribution in [2.75, 3.05) is 0 Å². The van der Waals surface area contributed by atoms with Gasteiger partial charge < -0.3 is 10.2 Å². The minimum Gasteiger partial charge on any atom is -0.479 e. The van der Waals surface area contributed by atoms with E-state index < -0.39 is 12.1 Å². The van der Waals surface area contributed by atoms with Gasteiger partial charge in [0.2, 0.25) is 0 Å². The predicted molar refractivity (Wildman–Crippen MR) is 53.8 cm³/mol. The Labute approximate surface area is 90.9 Å². The fourth-order valence-corrected chi connectivity index (χ4v) is 1.60. The molecule has 0 aliphatic heterocycles. The van der Waals surface area contributed by atoms with Crippen molar-refractivity contribution in [1.82, 2.24) is 0 Å². The van der Waals surface area contributed by atoms with Crippen molar-refractivity contribution in [3.05, 3.63) is 33.3 Å². The maximum Gasteiger partial charge on any atom is 0.337 e. The van der Waals surface area contributed by atoms with E-state index in [1.807, 2.05) is 0 Å². The number of hydrogen-bond donors (Lipinski definition) is 2. The summed E-state index contributed by atoms with van der Waals surface area (Å²) in [5.41, 5.74) is 0.626. The van der Waals surface area contributed by atoms with E-state index in [9.17, 15) is 9.90 Å². The number of aliphatic hydroxyl groups is 1. The van der Waals surface area contributed by atoms with Crippen LogP contribution in [0.15, 0.2) is 12.1 Å². The van der Waals surface area contributed by atoms with Crippen LogP contribution >= 0.6 is 23.2 Å². The largest absolute Gasteiger partial charge is 0.479 e. The summed E-state index contributed by atoms with van der Waals surface area (Å²) < 4.78 is 0. The van der Waals surface area contributed by atoms with Crippen molar-refractivity contribution in [2.45, 2.75) is 13.0 Å². The van der Waals surface area contributed by atoms with Crippen LogP contribution in [0.3, 0.4) is 0 Å². The van der Waals surface area contributed by atoms with E-state index >= 15 is 0 Å². The zero-order valence-corrected chi connectivity index (χ0v) is 8.80. The number of carboxylic acid groups (broad SMARTS) is 1. The Hall–Kier alpha value is -0.770. The maximum absolute atomic E-state index is 10.6. The first kappa shape index (κ1) is 11.3. The molecule has 0 bridgehead atoms. The Kier molecular flexibility index (Phi) is 3.37. The van der Waals surface area contributed by atoms with Gasteiger partial charge in [-0.3, -0.25) is 0 Å². The zero-order chi connectivity index (χ0) is 10.9. The molecule has 0 unspecified atom stereocenters. The third-order valence-electron chi connectivity index (χ3n) is 1.90. The summed E-state index contributed by atoms with van der Waals surface area (Å²) in [5, 5.41) is 18.5. The summed E-state index contributed by atoms with van der Waals surface area (Å²) in [6, 6.07) is 3.01. The lowest BCUT2D eigenvalue weighted by atomic mass is 10.0. The maximum atomic E-state index is 10.6. The number of aliphatic carboxylic acids is 1. The molecule has 0 aliphatic rings. The normalized spacial score (nSPS) is 12.6. The van der Waals surface area contributed by atoms with Crippen molar-refractivity contribution in [2.24, 2.45) is 0 Å². The third-order valence-corrected chi connectivity index (χ3v) is 2.64. The molecule has 0 spiro atoms. The number of hydrogen-bond acceptors (Lipinski definition) is 2. The van der Waals surface area contributed by atoms with Gasteiger partial charge in [0.15, 0.2) is 6.10 Å². The van der Waals surface area contributed by atoms with E-state index in [1.54, 1.807) is 13.0 Å². The lowest BCUT2D eigenvalue weighted by Crippen LogP contribution is -2.12. The molecule has 2 N–H and O–H groups in total. The van der Waals surface area contributed by atoms with E-state index in [-0.39, 0.29) is 10.6 Å². The topological polar surface area (TPSA) is 57.5 Å². The number of aliphatic hydroxyl groups excluding tert-OH is 1. The van der Waals surface area contributed by atoms with Gasteiger partial charge in [-0.25, -0.2) is 4.79 Å². The number of benzene rings is 1. The molecule has 0 fully saturated rings. The van der Waals surface area contributed by atoms with Crippen LogP contribution in [0.25, 0.3) is 0 Å². The van der Waals surface area contributed by atoms with E-state index in [0.29, 0.717) is 10.6 Å². The quantitative estimate of drug-likeness (QED) is 0.827. The molecule has 0 aliphatic carbocycles. The second-order valence-corrected chi connectivity index (χ2v) is 3.62. The van der Waals surface area contributed by atoms with Crippen LogP contribution < -0.4 is 0 Å². The Morgan fingerprint density at radius 1 is 1.36 bits per heavy atom. The monoisotopic (exact) mass is 234 g/mol. The molecule has 1 atom stereocenters. The van der Waals surface area contributed by atoms with Gasteiger partial charge in [0.05, 0.1) is 0 Å². The van der Waals surface area contributed by atoms with Crippen molar-refractivity contribution < 1.29 is 15.0 Å². The number of rotatable bonds is 2. The molecular weight excluding hydrogens is 227 g/mol. The van der Waals surface area contributed by atoms with Crippen molar-refractivity contribution in [3.63, 3.8) is 0 Å². The molecule has 14 heavy (non-hydrogen) atoms. The Morgan fingerprint density at radius 2 is 1.86 bits per heavy atom. The zero-order valence-electron chi connectivity index (χ0n) is 7.29. The predicted octanol–water partition coefficient (Wildman–Crippen LogP) is 2.42. The summed E-state index contributed by atoms with van der Waals surface area (Å²) in [6.45, 7) is 1.61. The lowest BCUT2D eigenvalue weighted by molar-refractivity contribution is -0.147. The highest BCUT2D eigenvalue weighted by atomic mass is 35.5. The first-order valence-electron chi connectivity index (χ1n) is 3.80. The van der Waals surface area contributed by atoms with Crippen LogP contribution in [0.1, 0.15) is 17.2 Å². The first-order valence-corrected chi connectivity index (χ1v) is 4.56. The standard InChI is InChI=1S/C9H8Cl2O3/c1-4-5(10)2-3-6(11)7(4)8(12)9(13)14/h2-3,8,12H,1H3,(H,13,14)/t8-/m0/s1. The first-order chi connectivity index (χ1) is 6.45. The smallest absolute Gasteiger partial charge is 0.337 e. The van der Waals surface area contributed by atoms with E-state index in [4.69, 9.17) is 28.3 Å². The van der Waals surface area contributed by atoms with E-state index in [0.717, 1.165) is 0 Å². The Bertz CT molecular complexity index is 377. The highest BCUT2D eigenvalue weighted by Crippen LogP contribution is 2.31. The van der Waals surface area contributed by atoms with Gasteiger partial charge >= 0.3 is 5.97 Å². The summed E-state index contributed by atoms with van der Waals surface area (Å²) in [7, 11) is 0. The van der Waals surface area contributed by atoms with Crippen molar-refractivity contribution in [1.29, 1.82) is 0 Å². The molecule has 76 valence electrons. The molecule has 5 heteroatoms. The molecule has 1 aromatic carbocycles. The van der Waals surface area contributed by atoms with E-state index in [2.05, 4.69) is 0 Å². The molecular formula is C9H8Cl2O3. The van der Waals surface area contributed by atoms with Gasteiger partial charge in [0.1, 0.15) is 0 Å². The summed E-state index contributed by atoms with van der Waals surface area (Å²) in [5.74, 6) is -1.35. The fraction of sp³-hybridized carbons (Fsp3) is 0.222. The Morgan fingerprint density at radius 3 is 2.36 bits per heavy atom. The average Bonchev–Trinajstić information content (AvgIpc) is 2.12. The molecule has 0 aromatic heterocycles. The molecule has 0 saturated heterocycles. The van der Waals surface area contributed by atoms with Crippen molar-refractivity contribution in [3.8, 4) is 0 Å². The second-order valence-electron chi connectivity index (χ2n) is 2.81. The van der Waals surface area contributed by atoms with Gasteiger partial charge in [0, 0.05) is 15.6 Å².